The van der Waals surface area contributed by atoms with Crippen molar-refractivity contribution < 1.29 is 4.79 Å². The van der Waals surface area contributed by atoms with Gasteiger partial charge in [-0.3, -0.25) is 4.79 Å². The Labute approximate surface area is 127 Å². The van der Waals surface area contributed by atoms with Gasteiger partial charge in [-0.1, -0.05) is 23.2 Å². The summed E-state index contributed by atoms with van der Waals surface area (Å²) in [7, 11) is 0. The maximum atomic E-state index is 12.0. The topological polar surface area (TPSA) is 46.9 Å². The van der Waals surface area contributed by atoms with Crippen molar-refractivity contribution >= 4 is 34.8 Å². The molecule has 0 aliphatic heterocycles. The van der Waals surface area contributed by atoms with E-state index in [0.717, 1.165) is 5.69 Å². The van der Waals surface area contributed by atoms with Gasteiger partial charge in [0.15, 0.2) is 0 Å². The molecule has 20 heavy (non-hydrogen) atoms. The molecule has 4 nitrogen and oxygen atoms in total. The second-order valence-corrected chi connectivity index (χ2v) is 5.58. The minimum atomic E-state index is -0.142. The first-order chi connectivity index (χ1) is 9.47. The molecule has 1 amide bonds. The number of benzene rings is 1. The standard InChI is InChI=1S/C14H15Cl2N3O/c1-9(2)19-8-17-7-11(19)6-14(20)18-13-4-3-10(15)5-12(13)16/h3-5,7-9H,6H2,1-2H3,(H,18,20). The van der Waals surface area contributed by atoms with Crippen LogP contribution in [0.3, 0.4) is 0 Å². The molecule has 0 atom stereocenters. The Morgan fingerprint density at radius 1 is 1.40 bits per heavy atom. The van der Waals surface area contributed by atoms with E-state index in [2.05, 4.69) is 10.3 Å². The second kappa shape index (κ2) is 6.29. The molecule has 2 aromatic rings. The fraction of sp³-hybridized carbons (Fsp3) is 0.286. The lowest BCUT2D eigenvalue weighted by Crippen LogP contribution is -2.17. The van der Waals surface area contributed by atoms with E-state index in [9.17, 15) is 4.79 Å². The maximum Gasteiger partial charge on any atom is 0.230 e. The Bertz CT molecular complexity index is 623. The van der Waals surface area contributed by atoms with E-state index in [1.54, 1.807) is 30.7 Å². The predicted octanol–water partition coefficient (Wildman–Crippen LogP) is 3.95. The van der Waals surface area contributed by atoms with Crippen LogP contribution in [0.4, 0.5) is 5.69 Å². The molecule has 0 fully saturated rings. The molecular formula is C14H15Cl2N3O. The third-order valence-electron chi connectivity index (χ3n) is 2.85. The number of hydrogen-bond donors (Lipinski definition) is 1. The molecule has 1 aromatic carbocycles. The first-order valence-electron chi connectivity index (χ1n) is 6.23. The van der Waals surface area contributed by atoms with Crippen molar-refractivity contribution in [2.75, 3.05) is 5.32 Å². The number of carbonyl (C=O) groups excluding carboxylic acids is 1. The Morgan fingerprint density at radius 3 is 2.80 bits per heavy atom. The van der Waals surface area contributed by atoms with Crippen LogP contribution in [0.2, 0.25) is 10.0 Å². The zero-order valence-corrected chi connectivity index (χ0v) is 12.7. The summed E-state index contributed by atoms with van der Waals surface area (Å²) in [5.74, 6) is -0.142. The zero-order chi connectivity index (χ0) is 14.7. The number of halogens is 2. The quantitative estimate of drug-likeness (QED) is 0.929. The first-order valence-corrected chi connectivity index (χ1v) is 6.98. The normalized spacial score (nSPS) is 10.8. The highest BCUT2D eigenvalue weighted by molar-refractivity contribution is 6.36. The Hall–Kier alpha value is -1.52. The minimum Gasteiger partial charge on any atom is -0.332 e. The van der Waals surface area contributed by atoms with E-state index in [1.807, 2.05) is 18.4 Å². The van der Waals surface area contributed by atoms with Crippen LogP contribution in [0.5, 0.6) is 0 Å². The molecule has 0 saturated carbocycles. The molecule has 1 aromatic heterocycles. The highest BCUT2D eigenvalue weighted by Gasteiger charge is 2.11. The largest absolute Gasteiger partial charge is 0.332 e. The molecule has 0 bridgehead atoms. The van der Waals surface area contributed by atoms with Gasteiger partial charge in [-0.25, -0.2) is 4.98 Å². The van der Waals surface area contributed by atoms with Gasteiger partial charge in [0, 0.05) is 23.0 Å². The van der Waals surface area contributed by atoms with Crippen molar-refractivity contribution in [2.45, 2.75) is 26.3 Å². The SMILES string of the molecule is CC(C)n1cncc1CC(=O)Nc1ccc(Cl)cc1Cl. The lowest BCUT2D eigenvalue weighted by Gasteiger charge is -2.12. The van der Waals surface area contributed by atoms with Crippen LogP contribution in [-0.2, 0) is 11.2 Å². The van der Waals surface area contributed by atoms with Crippen LogP contribution in [0.25, 0.3) is 0 Å². The summed E-state index contributed by atoms with van der Waals surface area (Å²) in [6.07, 6.45) is 3.67. The second-order valence-electron chi connectivity index (χ2n) is 4.74. The van der Waals surface area contributed by atoms with E-state index in [1.165, 1.54) is 0 Å². The van der Waals surface area contributed by atoms with E-state index < -0.39 is 0 Å². The lowest BCUT2D eigenvalue weighted by atomic mass is 10.2. The summed E-state index contributed by atoms with van der Waals surface area (Å²) in [5.41, 5.74) is 1.42. The van der Waals surface area contributed by atoms with Crippen molar-refractivity contribution in [1.82, 2.24) is 9.55 Å². The van der Waals surface area contributed by atoms with Gasteiger partial charge in [-0.05, 0) is 32.0 Å². The third kappa shape index (κ3) is 3.52. The summed E-state index contributed by atoms with van der Waals surface area (Å²) < 4.78 is 1.96. The fourth-order valence-electron chi connectivity index (χ4n) is 1.88. The number of carbonyl (C=O) groups is 1. The maximum absolute atomic E-state index is 12.0. The number of nitrogens with one attached hydrogen (secondary N) is 1. The fourth-order valence-corrected chi connectivity index (χ4v) is 2.34. The Balaban J connectivity index is 2.07. The average Bonchev–Trinajstić information content (AvgIpc) is 2.81. The van der Waals surface area contributed by atoms with Crippen LogP contribution in [-0.4, -0.2) is 15.5 Å². The summed E-state index contributed by atoms with van der Waals surface area (Å²) in [5, 5.41) is 3.72. The van der Waals surface area contributed by atoms with E-state index in [4.69, 9.17) is 23.2 Å². The Kier molecular flexibility index (Phi) is 4.68. The van der Waals surface area contributed by atoms with Crippen molar-refractivity contribution in [1.29, 1.82) is 0 Å². The molecular weight excluding hydrogens is 297 g/mol. The number of aromatic nitrogens is 2. The molecule has 6 heteroatoms. The molecule has 0 saturated heterocycles. The number of rotatable bonds is 4. The number of nitrogens with zero attached hydrogens (tertiary/aromatic N) is 2. The number of amides is 1. The Morgan fingerprint density at radius 2 is 2.15 bits per heavy atom. The van der Waals surface area contributed by atoms with Gasteiger partial charge >= 0.3 is 0 Å². The highest BCUT2D eigenvalue weighted by Crippen LogP contribution is 2.25. The molecule has 0 radical (unpaired) electrons. The molecule has 106 valence electrons. The summed E-state index contributed by atoms with van der Waals surface area (Å²) in [6.45, 7) is 4.08. The molecule has 0 unspecified atom stereocenters. The van der Waals surface area contributed by atoms with Crippen LogP contribution < -0.4 is 5.32 Å². The van der Waals surface area contributed by atoms with E-state index in [-0.39, 0.29) is 18.4 Å². The van der Waals surface area contributed by atoms with Crippen molar-refractivity contribution in [3.05, 3.63) is 46.5 Å². The predicted molar refractivity (Wildman–Crippen MR) is 81.4 cm³/mol. The van der Waals surface area contributed by atoms with Gasteiger partial charge in [0.2, 0.25) is 5.91 Å². The first kappa shape index (κ1) is 14.9. The molecule has 0 aliphatic rings. The lowest BCUT2D eigenvalue weighted by molar-refractivity contribution is -0.115. The van der Waals surface area contributed by atoms with Crippen LogP contribution in [0, 0.1) is 0 Å². The van der Waals surface area contributed by atoms with Gasteiger partial charge in [-0.15, -0.1) is 0 Å². The molecule has 1 heterocycles. The zero-order valence-electron chi connectivity index (χ0n) is 11.2. The van der Waals surface area contributed by atoms with Crippen molar-refractivity contribution in [2.24, 2.45) is 0 Å². The smallest absolute Gasteiger partial charge is 0.230 e. The van der Waals surface area contributed by atoms with Gasteiger partial charge < -0.3 is 9.88 Å². The van der Waals surface area contributed by atoms with Gasteiger partial charge in [-0.2, -0.15) is 0 Å². The monoisotopic (exact) mass is 311 g/mol. The molecule has 1 N–H and O–H groups in total. The minimum absolute atomic E-state index is 0.142. The number of imidazole rings is 1. The van der Waals surface area contributed by atoms with Crippen molar-refractivity contribution in [3.8, 4) is 0 Å². The molecule has 2 rings (SSSR count). The number of anilines is 1. The summed E-state index contributed by atoms with van der Waals surface area (Å²) in [6, 6.07) is 5.22. The summed E-state index contributed by atoms with van der Waals surface area (Å²) in [4.78, 5) is 16.1. The summed E-state index contributed by atoms with van der Waals surface area (Å²) >= 11 is 11.8. The van der Waals surface area contributed by atoms with Crippen LogP contribution in [0.15, 0.2) is 30.7 Å². The van der Waals surface area contributed by atoms with Crippen LogP contribution in [0.1, 0.15) is 25.6 Å². The van der Waals surface area contributed by atoms with Crippen molar-refractivity contribution in [3.63, 3.8) is 0 Å². The van der Waals surface area contributed by atoms with Gasteiger partial charge in [0.25, 0.3) is 0 Å². The third-order valence-corrected chi connectivity index (χ3v) is 3.40. The van der Waals surface area contributed by atoms with Crippen LogP contribution >= 0.6 is 23.2 Å². The molecule has 0 aliphatic carbocycles. The number of hydrogen-bond acceptors (Lipinski definition) is 2. The van der Waals surface area contributed by atoms with Gasteiger partial charge in [0.1, 0.15) is 0 Å². The van der Waals surface area contributed by atoms with Gasteiger partial charge in [0.05, 0.1) is 23.5 Å². The highest BCUT2D eigenvalue weighted by atomic mass is 35.5. The van der Waals surface area contributed by atoms with E-state index in [0.29, 0.717) is 15.7 Å². The molecule has 0 spiro atoms. The average molecular weight is 312 g/mol. The van der Waals surface area contributed by atoms with E-state index >= 15 is 0 Å².